The summed E-state index contributed by atoms with van der Waals surface area (Å²) >= 11 is 1.40. The standard InChI is InChI=1S/C17H23N5O2S/c1-3-24-14-8-6-13(7-9-14)18-15(23)19-16-20-21-17(25-16)22-10-4-5-12(2)11-22/h6-9,12H,3-5,10-11H2,1-2H3,(H2,18,19,20,23). The third-order valence-corrected chi connectivity index (χ3v) is 4.89. The molecule has 1 saturated heterocycles. The first-order valence-electron chi connectivity index (χ1n) is 8.53. The second kappa shape index (κ2) is 8.15. The number of nitrogens with one attached hydrogen (secondary N) is 2. The number of benzene rings is 1. The molecule has 1 unspecified atom stereocenters. The maximum atomic E-state index is 12.1. The lowest BCUT2D eigenvalue weighted by Gasteiger charge is -2.29. The molecule has 0 radical (unpaired) electrons. The molecule has 0 saturated carbocycles. The van der Waals surface area contributed by atoms with Gasteiger partial charge < -0.3 is 15.0 Å². The molecule has 3 rings (SSSR count). The van der Waals surface area contributed by atoms with Crippen LogP contribution in [0.3, 0.4) is 0 Å². The van der Waals surface area contributed by atoms with E-state index < -0.39 is 0 Å². The number of carbonyl (C=O) groups excluding carboxylic acids is 1. The van der Waals surface area contributed by atoms with E-state index in [4.69, 9.17) is 4.74 Å². The summed E-state index contributed by atoms with van der Waals surface area (Å²) in [4.78, 5) is 14.3. The highest BCUT2D eigenvalue weighted by Crippen LogP contribution is 2.28. The van der Waals surface area contributed by atoms with Crippen molar-refractivity contribution in [3.8, 4) is 5.75 Å². The molecule has 1 fully saturated rings. The lowest BCUT2D eigenvalue weighted by atomic mass is 10.0. The third kappa shape index (κ3) is 4.82. The second-order valence-corrected chi connectivity index (χ2v) is 7.08. The van der Waals surface area contributed by atoms with Gasteiger partial charge in [0.25, 0.3) is 0 Å². The van der Waals surface area contributed by atoms with Crippen molar-refractivity contribution in [2.75, 3.05) is 35.2 Å². The molecule has 0 spiro atoms. The van der Waals surface area contributed by atoms with Gasteiger partial charge in [-0.05, 0) is 49.9 Å². The molecule has 134 valence electrons. The number of hydrogen-bond donors (Lipinski definition) is 2. The Morgan fingerprint density at radius 3 is 2.84 bits per heavy atom. The van der Waals surface area contributed by atoms with Gasteiger partial charge in [-0.25, -0.2) is 4.79 Å². The number of rotatable bonds is 5. The molecule has 1 aliphatic heterocycles. The molecule has 1 atom stereocenters. The van der Waals surface area contributed by atoms with Gasteiger partial charge in [0.15, 0.2) is 0 Å². The highest BCUT2D eigenvalue weighted by molar-refractivity contribution is 7.19. The largest absolute Gasteiger partial charge is 0.494 e. The average Bonchev–Trinajstić information content (AvgIpc) is 3.05. The molecule has 2 amide bonds. The van der Waals surface area contributed by atoms with Gasteiger partial charge in [-0.2, -0.15) is 0 Å². The van der Waals surface area contributed by atoms with Crippen LogP contribution >= 0.6 is 11.3 Å². The van der Waals surface area contributed by atoms with Crippen LogP contribution in [0.1, 0.15) is 26.7 Å². The van der Waals surface area contributed by atoms with E-state index >= 15 is 0 Å². The number of carbonyl (C=O) groups is 1. The number of urea groups is 1. The Morgan fingerprint density at radius 1 is 1.32 bits per heavy atom. The van der Waals surface area contributed by atoms with Crippen molar-refractivity contribution in [2.45, 2.75) is 26.7 Å². The molecule has 2 N–H and O–H groups in total. The van der Waals surface area contributed by atoms with Crippen molar-refractivity contribution in [1.29, 1.82) is 0 Å². The molecule has 0 bridgehead atoms. The number of nitrogens with zero attached hydrogens (tertiary/aromatic N) is 3. The van der Waals surface area contributed by atoms with E-state index in [-0.39, 0.29) is 6.03 Å². The van der Waals surface area contributed by atoms with Crippen LogP contribution in [0.5, 0.6) is 5.75 Å². The van der Waals surface area contributed by atoms with Crippen LogP contribution in [0.25, 0.3) is 0 Å². The second-order valence-electron chi connectivity index (χ2n) is 6.12. The van der Waals surface area contributed by atoms with Crippen LogP contribution in [0.4, 0.5) is 20.7 Å². The molecule has 25 heavy (non-hydrogen) atoms. The summed E-state index contributed by atoms with van der Waals surface area (Å²) in [5.74, 6) is 1.44. The first kappa shape index (κ1) is 17.5. The van der Waals surface area contributed by atoms with Crippen LogP contribution in [-0.4, -0.2) is 35.9 Å². The predicted molar refractivity (Wildman–Crippen MR) is 101 cm³/mol. The lowest BCUT2D eigenvalue weighted by Crippen LogP contribution is -2.34. The minimum atomic E-state index is -0.334. The van der Waals surface area contributed by atoms with Crippen molar-refractivity contribution in [1.82, 2.24) is 10.2 Å². The summed E-state index contributed by atoms with van der Waals surface area (Å²) in [6, 6.07) is 6.90. The van der Waals surface area contributed by atoms with E-state index in [1.807, 2.05) is 19.1 Å². The van der Waals surface area contributed by atoms with Crippen LogP contribution in [0, 0.1) is 5.92 Å². The lowest BCUT2D eigenvalue weighted by molar-refractivity contribution is 0.262. The number of piperidine rings is 1. The SMILES string of the molecule is CCOc1ccc(NC(=O)Nc2nnc(N3CCCC(C)C3)s2)cc1. The van der Waals surface area contributed by atoms with E-state index in [0.29, 0.717) is 23.3 Å². The van der Waals surface area contributed by atoms with Gasteiger partial charge in [-0.1, -0.05) is 18.3 Å². The van der Waals surface area contributed by atoms with E-state index in [0.717, 1.165) is 24.0 Å². The summed E-state index contributed by atoms with van der Waals surface area (Å²) < 4.78 is 5.38. The Hall–Kier alpha value is -2.35. The predicted octanol–water partition coefficient (Wildman–Crippen LogP) is 3.82. The molecule has 0 aliphatic carbocycles. The third-order valence-electron chi connectivity index (χ3n) is 3.99. The fourth-order valence-corrected chi connectivity index (χ4v) is 3.59. The number of amides is 2. The highest BCUT2D eigenvalue weighted by Gasteiger charge is 2.20. The number of aromatic nitrogens is 2. The molecule has 1 aromatic heterocycles. The Bertz CT molecular complexity index is 703. The molecule has 7 nitrogen and oxygen atoms in total. The number of ether oxygens (including phenoxy) is 1. The maximum absolute atomic E-state index is 12.1. The molecular weight excluding hydrogens is 338 g/mol. The van der Waals surface area contributed by atoms with Gasteiger partial charge in [0.05, 0.1) is 6.61 Å². The summed E-state index contributed by atoms with van der Waals surface area (Å²) in [5, 5.41) is 15.1. The van der Waals surface area contributed by atoms with Crippen LogP contribution < -0.4 is 20.3 Å². The minimum absolute atomic E-state index is 0.334. The topological polar surface area (TPSA) is 79.4 Å². The normalized spacial score (nSPS) is 17.2. The van der Waals surface area contributed by atoms with E-state index in [2.05, 4.69) is 32.7 Å². The summed E-state index contributed by atoms with van der Waals surface area (Å²) in [7, 11) is 0. The van der Waals surface area contributed by atoms with Gasteiger partial charge in [-0.3, -0.25) is 5.32 Å². The average molecular weight is 361 g/mol. The zero-order valence-electron chi connectivity index (χ0n) is 14.5. The van der Waals surface area contributed by atoms with Crippen molar-refractivity contribution >= 4 is 33.3 Å². The molecular formula is C17H23N5O2S. The summed E-state index contributed by atoms with van der Waals surface area (Å²) in [6.07, 6.45) is 2.42. The Labute approximate surface area is 151 Å². The zero-order valence-corrected chi connectivity index (χ0v) is 15.3. The molecule has 8 heteroatoms. The Morgan fingerprint density at radius 2 is 2.12 bits per heavy atom. The monoisotopic (exact) mass is 361 g/mol. The van der Waals surface area contributed by atoms with E-state index in [9.17, 15) is 4.79 Å². The number of hydrogen-bond acceptors (Lipinski definition) is 6. The smallest absolute Gasteiger partial charge is 0.325 e. The minimum Gasteiger partial charge on any atom is -0.494 e. The van der Waals surface area contributed by atoms with Crippen LogP contribution in [0.15, 0.2) is 24.3 Å². The fraction of sp³-hybridized carbons (Fsp3) is 0.471. The Balaban J connectivity index is 1.54. The molecule has 2 heterocycles. The molecule has 1 aliphatic rings. The number of anilines is 3. The van der Waals surface area contributed by atoms with E-state index in [1.165, 1.54) is 24.2 Å². The van der Waals surface area contributed by atoms with Gasteiger partial charge in [-0.15, -0.1) is 10.2 Å². The highest BCUT2D eigenvalue weighted by atomic mass is 32.1. The zero-order chi connectivity index (χ0) is 17.6. The van der Waals surface area contributed by atoms with Crippen LogP contribution in [-0.2, 0) is 0 Å². The van der Waals surface area contributed by atoms with Gasteiger partial charge >= 0.3 is 6.03 Å². The maximum Gasteiger partial charge on any atom is 0.325 e. The first-order valence-corrected chi connectivity index (χ1v) is 9.35. The molecule has 1 aromatic carbocycles. The van der Waals surface area contributed by atoms with Crippen molar-refractivity contribution < 1.29 is 9.53 Å². The summed E-state index contributed by atoms with van der Waals surface area (Å²) in [5.41, 5.74) is 0.690. The van der Waals surface area contributed by atoms with E-state index in [1.54, 1.807) is 12.1 Å². The molecule has 2 aromatic rings. The Kier molecular flexibility index (Phi) is 5.70. The van der Waals surface area contributed by atoms with Crippen LogP contribution in [0.2, 0.25) is 0 Å². The van der Waals surface area contributed by atoms with Crippen molar-refractivity contribution in [3.63, 3.8) is 0 Å². The quantitative estimate of drug-likeness (QED) is 0.846. The van der Waals surface area contributed by atoms with Gasteiger partial charge in [0.1, 0.15) is 5.75 Å². The van der Waals surface area contributed by atoms with Gasteiger partial charge in [0.2, 0.25) is 10.3 Å². The van der Waals surface area contributed by atoms with Gasteiger partial charge in [0, 0.05) is 18.8 Å². The summed E-state index contributed by atoms with van der Waals surface area (Å²) in [6.45, 7) is 6.78. The van der Waals surface area contributed by atoms with Crippen molar-refractivity contribution in [3.05, 3.63) is 24.3 Å². The van der Waals surface area contributed by atoms with Crippen molar-refractivity contribution in [2.24, 2.45) is 5.92 Å². The fourth-order valence-electron chi connectivity index (χ4n) is 2.82. The first-order chi connectivity index (χ1) is 12.1.